The average molecular weight is 444 g/mol. The van der Waals surface area contributed by atoms with E-state index in [1.54, 1.807) is 6.92 Å². The van der Waals surface area contributed by atoms with Gasteiger partial charge in [-0.15, -0.1) is 0 Å². The number of rotatable bonds is 3. The molecule has 1 heterocycles. The molecule has 10 unspecified atom stereocenters. The Morgan fingerprint density at radius 3 is 2.53 bits per heavy atom. The Balaban J connectivity index is 1.20. The van der Waals surface area contributed by atoms with Gasteiger partial charge in [-0.05, 0) is 116 Å². The second-order valence-electron chi connectivity index (χ2n) is 13.7. The zero-order valence-electron chi connectivity index (χ0n) is 20.8. The molecule has 0 aromatic carbocycles. The third-order valence-electron chi connectivity index (χ3n) is 12.5. The molecule has 2 N–H and O–H groups in total. The van der Waals surface area contributed by atoms with Crippen molar-refractivity contribution in [2.45, 2.75) is 117 Å². The minimum atomic E-state index is -0.113. The van der Waals surface area contributed by atoms with Crippen molar-refractivity contribution >= 4 is 5.91 Å². The van der Waals surface area contributed by atoms with Crippen LogP contribution in [0.4, 0.5) is 0 Å². The second-order valence-corrected chi connectivity index (χ2v) is 13.7. The molecule has 6 aliphatic rings. The van der Waals surface area contributed by atoms with Crippen LogP contribution < -0.4 is 5.32 Å². The molecule has 4 nitrogen and oxygen atoms in total. The maximum Gasteiger partial charge on any atom is 0.216 e. The summed E-state index contributed by atoms with van der Waals surface area (Å²) >= 11 is 0. The quantitative estimate of drug-likeness (QED) is 0.639. The Kier molecular flexibility index (Phi) is 4.77. The van der Waals surface area contributed by atoms with Crippen molar-refractivity contribution in [3.63, 3.8) is 0 Å². The summed E-state index contributed by atoms with van der Waals surface area (Å²) < 4.78 is 6.74. The molecule has 180 valence electrons. The highest BCUT2D eigenvalue weighted by molar-refractivity contribution is 5.72. The van der Waals surface area contributed by atoms with Gasteiger partial charge in [-0.1, -0.05) is 20.8 Å². The minimum Gasteiger partial charge on any atom is -0.393 e. The lowest BCUT2D eigenvalue weighted by Crippen LogP contribution is -2.54. The van der Waals surface area contributed by atoms with E-state index in [1.807, 2.05) is 0 Å². The van der Waals surface area contributed by atoms with Crippen LogP contribution in [0.1, 0.15) is 98.3 Å². The highest BCUT2D eigenvalue weighted by atomic mass is 16.5. The van der Waals surface area contributed by atoms with Crippen LogP contribution in [0.5, 0.6) is 0 Å². The molecule has 0 radical (unpaired) electrons. The summed E-state index contributed by atoms with van der Waals surface area (Å²) in [6.45, 7) is 9.70. The number of carbonyl (C=O) groups is 1. The summed E-state index contributed by atoms with van der Waals surface area (Å²) in [6, 6.07) is 0. The van der Waals surface area contributed by atoms with Crippen LogP contribution in [0.2, 0.25) is 0 Å². The molecular formula is C28H45NO3. The van der Waals surface area contributed by atoms with Crippen LogP contribution >= 0.6 is 0 Å². The number of fused-ring (bicyclic) bond motifs is 4. The van der Waals surface area contributed by atoms with Crippen LogP contribution in [-0.4, -0.2) is 35.9 Å². The van der Waals surface area contributed by atoms with Crippen LogP contribution in [-0.2, 0) is 9.53 Å². The number of hydrogen-bond donors (Lipinski definition) is 2. The third-order valence-corrected chi connectivity index (χ3v) is 12.5. The van der Waals surface area contributed by atoms with Gasteiger partial charge in [0, 0.05) is 13.5 Å². The molecule has 1 amide bonds. The predicted molar refractivity (Wildman–Crippen MR) is 125 cm³/mol. The van der Waals surface area contributed by atoms with E-state index in [2.05, 4.69) is 26.1 Å². The van der Waals surface area contributed by atoms with Crippen molar-refractivity contribution in [1.29, 1.82) is 0 Å². The number of nitrogens with one attached hydrogen (secondary N) is 1. The van der Waals surface area contributed by atoms with Gasteiger partial charge in [0.1, 0.15) is 0 Å². The molecule has 6 fully saturated rings. The number of amides is 1. The van der Waals surface area contributed by atoms with Gasteiger partial charge in [0.05, 0.1) is 18.3 Å². The van der Waals surface area contributed by atoms with E-state index in [1.165, 1.54) is 51.4 Å². The maximum atomic E-state index is 11.2. The normalized spacial score (nSPS) is 55.0. The van der Waals surface area contributed by atoms with Crippen molar-refractivity contribution < 1.29 is 14.6 Å². The average Bonchev–Trinajstić information content (AvgIpc) is 3.31. The number of carbonyl (C=O) groups excluding carboxylic acids is 1. The van der Waals surface area contributed by atoms with Crippen LogP contribution in [0.15, 0.2) is 0 Å². The van der Waals surface area contributed by atoms with E-state index in [9.17, 15) is 9.90 Å². The van der Waals surface area contributed by atoms with Gasteiger partial charge in [-0.25, -0.2) is 0 Å². The molecule has 0 bridgehead atoms. The number of aliphatic hydroxyl groups excluding tert-OH is 1. The molecule has 5 aliphatic carbocycles. The van der Waals surface area contributed by atoms with Crippen molar-refractivity contribution in [3.05, 3.63) is 0 Å². The fourth-order valence-electron chi connectivity index (χ4n) is 10.9. The zero-order chi connectivity index (χ0) is 22.5. The Morgan fingerprint density at radius 1 is 0.969 bits per heavy atom. The van der Waals surface area contributed by atoms with Gasteiger partial charge in [0.25, 0.3) is 0 Å². The lowest BCUT2D eigenvalue weighted by molar-refractivity contribution is -0.135. The zero-order valence-corrected chi connectivity index (χ0v) is 20.8. The fraction of sp³-hybridized carbons (Fsp3) is 0.964. The lowest BCUT2D eigenvalue weighted by Gasteiger charge is -2.59. The Bertz CT molecular complexity index is 796. The van der Waals surface area contributed by atoms with E-state index in [0.29, 0.717) is 28.5 Å². The summed E-state index contributed by atoms with van der Waals surface area (Å²) in [5, 5.41) is 13.8. The largest absolute Gasteiger partial charge is 0.393 e. The molecule has 0 aromatic heterocycles. The van der Waals surface area contributed by atoms with Gasteiger partial charge in [-0.2, -0.15) is 0 Å². The smallest absolute Gasteiger partial charge is 0.216 e. The number of aliphatic hydroxyl groups is 1. The molecule has 1 aliphatic heterocycles. The highest BCUT2D eigenvalue weighted by Gasteiger charge is 2.80. The van der Waals surface area contributed by atoms with Gasteiger partial charge < -0.3 is 15.2 Å². The first-order valence-electron chi connectivity index (χ1n) is 13.7. The Labute approximate surface area is 194 Å². The van der Waals surface area contributed by atoms with E-state index in [0.717, 1.165) is 49.5 Å². The summed E-state index contributed by atoms with van der Waals surface area (Å²) in [5.41, 5.74) is 1.66. The molecular weight excluding hydrogens is 398 g/mol. The molecule has 6 rings (SSSR count). The summed E-state index contributed by atoms with van der Waals surface area (Å²) in [5.74, 6) is 3.23. The molecule has 0 aromatic rings. The first-order valence-corrected chi connectivity index (χ1v) is 13.7. The van der Waals surface area contributed by atoms with Gasteiger partial charge in [0.15, 0.2) is 0 Å². The van der Waals surface area contributed by atoms with Crippen LogP contribution in [0.25, 0.3) is 0 Å². The molecule has 10 atom stereocenters. The van der Waals surface area contributed by atoms with Gasteiger partial charge >= 0.3 is 0 Å². The highest BCUT2D eigenvalue weighted by Crippen LogP contribution is 2.87. The summed E-state index contributed by atoms with van der Waals surface area (Å²) in [6.07, 6.45) is 14.6. The lowest BCUT2D eigenvalue weighted by atomic mass is 9.46. The van der Waals surface area contributed by atoms with Crippen molar-refractivity contribution in [3.8, 4) is 0 Å². The second kappa shape index (κ2) is 6.97. The number of ether oxygens (including phenoxy) is 1. The fourth-order valence-corrected chi connectivity index (χ4v) is 10.9. The minimum absolute atomic E-state index is 0.0655. The van der Waals surface area contributed by atoms with E-state index in [-0.39, 0.29) is 17.4 Å². The Hall–Kier alpha value is -0.610. The molecule has 4 heteroatoms. The molecule has 32 heavy (non-hydrogen) atoms. The monoisotopic (exact) mass is 443 g/mol. The molecule has 1 saturated heterocycles. The number of hydrogen-bond acceptors (Lipinski definition) is 3. The van der Waals surface area contributed by atoms with E-state index in [4.69, 9.17) is 4.74 Å². The maximum absolute atomic E-state index is 11.2. The standard InChI is InChI=1S/C28H45NO3/c1-17(30)29-14-10-18-5-6-20-22(32-18)15-21-19-7-8-23-25(2,3)24(31)9-11-28(23)16-27(19,28)13-12-26(20,21)4/h18-24,31H,5-16H2,1-4H3,(H,29,30). The third kappa shape index (κ3) is 2.72. The van der Waals surface area contributed by atoms with E-state index < -0.39 is 0 Å². The summed E-state index contributed by atoms with van der Waals surface area (Å²) in [7, 11) is 0. The first-order chi connectivity index (χ1) is 15.1. The van der Waals surface area contributed by atoms with E-state index >= 15 is 0 Å². The first kappa shape index (κ1) is 21.9. The van der Waals surface area contributed by atoms with Crippen LogP contribution in [0.3, 0.4) is 0 Å². The van der Waals surface area contributed by atoms with Crippen molar-refractivity contribution in [1.82, 2.24) is 5.32 Å². The van der Waals surface area contributed by atoms with Crippen LogP contribution in [0, 0.1) is 45.3 Å². The summed E-state index contributed by atoms with van der Waals surface area (Å²) in [4.78, 5) is 11.2. The van der Waals surface area contributed by atoms with Gasteiger partial charge in [0.2, 0.25) is 5.91 Å². The van der Waals surface area contributed by atoms with Crippen molar-refractivity contribution in [2.75, 3.05) is 6.54 Å². The van der Waals surface area contributed by atoms with Gasteiger partial charge in [-0.3, -0.25) is 4.79 Å². The predicted octanol–water partition coefficient (Wildman–Crippen LogP) is 5.08. The molecule has 2 spiro atoms. The Morgan fingerprint density at radius 2 is 1.75 bits per heavy atom. The molecule has 5 saturated carbocycles. The SMILES string of the molecule is CC(=O)NCCC1CCC2C(CC3C4CCC5C(C)(C)C(O)CCC56CC46CCC23C)O1. The van der Waals surface area contributed by atoms with Crippen molar-refractivity contribution in [2.24, 2.45) is 45.3 Å². The topological polar surface area (TPSA) is 58.6 Å².